The predicted octanol–water partition coefficient (Wildman–Crippen LogP) is 3.58. The molecule has 4 aromatic rings. The fourth-order valence-electron chi connectivity index (χ4n) is 6.32. The van der Waals surface area contributed by atoms with Gasteiger partial charge < -0.3 is 31.7 Å². The molecular weight excluding hydrogens is 751 g/mol. The fourth-order valence-corrected chi connectivity index (χ4v) is 8.58. The third-order valence-electron chi connectivity index (χ3n) is 9.43. The van der Waals surface area contributed by atoms with Crippen LogP contribution in [-0.4, -0.2) is 105 Å². The number of hydrogen-bond donors (Lipinski definition) is 5. The first-order valence-corrected chi connectivity index (χ1v) is 20.6. The van der Waals surface area contributed by atoms with Crippen LogP contribution in [0.15, 0.2) is 125 Å². The Morgan fingerprint density at radius 1 is 0.786 bits per heavy atom. The van der Waals surface area contributed by atoms with Gasteiger partial charge in [0.15, 0.2) is 15.8 Å². The van der Waals surface area contributed by atoms with E-state index in [1.54, 1.807) is 59.5 Å². The molecule has 0 saturated carbocycles. The van der Waals surface area contributed by atoms with Crippen LogP contribution in [0.4, 0.5) is 10.5 Å². The van der Waals surface area contributed by atoms with Crippen molar-refractivity contribution >= 4 is 52.0 Å². The molecule has 0 radical (unpaired) electrons. The number of piperazine rings is 1. The lowest BCUT2D eigenvalue weighted by Gasteiger charge is -2.35. The van der Waals surface area contributed by atoms with Crippen molar-refractivity contribution < 1.29 is 27.5 Å². The number of nitrogens with two attached hydrogens (primary N) is 2. The monoisotopic (exact) mass is 799 g/mol. The zero-order chi connectivity index (χ0) is 39.9. The molecule has 1 aliphatic rings. The Bertz CT molecular complexity index is 2010. The molecule has 6 N–H and O–H groups in total. The summed E-state index contributed by atoms with van der Waals surface area (Å²) in [4.78, 5) is 48.2. The first kappa shape index (κ1) is 41.8. The summed E-state index contributed by atoms with van der Waals surface area (Å²) in [6.45, 7) is 2.56. The van der Waals surface area contributed by atoms with Crippen LogP contribution in [0, 0.1) is 0 Å². The topological polar surface area (TPSA) is 190 Å². The zero-order valence-corrected chi connectivity index (χ0v) is 32.8. The van der Waals surface area contributed by atoms with E-state index < -0.39 is 39.0 Å². The molecule has 13 nitrogen and oxygen atoms in total. The number of nitrogens with one attached hydrogen (secondary N) is 2. The van der Waals surface area contributed by atoms with Crippen molar-refractivity contribution in [3.05, 3.63) is 132 Å². The third-order valence-corrected chi connectivity index (χ3v) is 12.0. The molecule has 15 heteroatoms. The molecule has 0 aliphatic carbocycles. The summed E-state index contributed by atoms with van der Waals surface area (Å²) in [5.74, 6) is -1.26. The maximum atomic E-state index is 14.1. The van der Waals surface area contributed by atoms with E-state index in [9.17, 15) is 22.8 Å². The number of benzene rings is 4. The van der Waals surface area contributed by atoms with Gasteiger partial charge in [0.1, 0.15) is 12.6 Å². The number of nitrogens with zero attached hydrogens (tertiary/aromatic N) is 3. The quantitative estimate of drug-likeness (QED) is 0.0461. The second-order valence-corrected chi connectivity index (χ2v) is 16.2. The highest BCUT2D eigenvalue weighted by Crippen LogP contribution is 2.19. The van der Waals surface area contributed by atoms with E-state index in [0.717, 1.165) is 11.1 Å². The summed E-state index contributed by atoms with van der Waals surface area (Å²) in [7, 11) is -3.70. The second kappa shape index (κ2) is 20.5. The van der Waals surface area contributed by atoms with Crippen LogP contribution < -0.4 is 22.1 Å². The molecule has 0 aromatic heterocycles. The molecule has 56 heavy (non-hydrogen) atoms. The Hall–Kier alpha value is -5.38. The van der Waals surface area contributed by atoms with Gasteiger partial charge in [0, 0.05) is 50.4 Å². The van der Waals surface area contributed by atoms with Crippen molar-refractivity contribution in [2.75, 3.05) is 45.1 Å². The number of carbonyl (C=O) groups is 3. The minimum absolute atomic E-state index is 0.0763. The van der Waals surface area contributed by atoms with Crippen LogP contribution in [0.1, 0.15) is 27.9 Å². The van der Waals surface area contributed by atoms with Gasteiger partial charge >= 0.3 is 12.0 Å². The van der Waals surface area contributed by atoms with Crippen molar-refractivity contribution in [2.45, 2.75) is 41.5 Å². The normalized spacial score (nSPS) is 14.8. The minimum Gasteiger partial charge on any atom is -0.461 e. The van der Waals surface area contributed by atoms with Crippen LogP contribution in [0.25, 0.3) is 0 Å². The molecule has 1 saturated heterocycles. The number of sulfone groups is 1. The van der Waals surface area contributed by atoms with Crippen LogP contribution in [0.2, 0.25) is 0 Å². The SMILES string of the molecule is NC(N)=Nc1ccc(C(=O)OCCN2CCN(C(=O)N[C@@H](Cc3ccccc3)C(=O)N[C@@H](CCc3ccccc3)[C@H](S)CS(=O)(=O)c3ccccc3)CC2)cc1. The van der Waals surface area contributed by atoms with E-state index in [4.69, 9.17) is 28.8 Å². The van der Waals surface area contributed by atoms with E-state index >= 15 is 0 Å². The van der Waals surface area contributed by atoms with E-state index in [1.807, 2.05) is 60.7 Å². The summed E-state index contributed by atoms with van der Waals surface area (Å²) >= 11 is 4.75. The number of aliphatic imine (C=N–C) groups is 1. The smallest absolute Gasteiger partial charge is 0.338 e. The standard InChI is InChI=1S/C41H49N7O6S2/c42-40(43)44-33-19-17-32(18-20-33)39(50)54-27-26-47-22-24-48(25-23-47)41(51)46-36(28-31-12-6-2-7-13-31)38(49)45-35(21-16-30-10-4-1-5-11-30)37(55)29-56(52,53)34-14-8-3-9-15-34/h1-15,17-20,35-37,55H,16,21-29H2,(H,45,49)(H,46,51)(H4,42,43,44)/t35-,36-,37+/m0/s1. The van der Waals surface area contributed by atoms with Gasteiger partial charge in [-0.25, -0.2) is 23.0 Å². The highest BCUT2D eigenvalue weighted by molar-refractivity contribution is 7.92. The lowest BCUT2D eigenvalue weighted by atomic mass is 10.0. The Morgan fingerprint density at radius 3 is 1.98 bits per heavy atom. The van der Waals surface area contributed by atoms with Gasteiger partial charge in [-0.15, -0.1) is 0 Å². The Morgan fingerprint density at radius 2 is 1.38 bits per heavy atom. The Balaban J connectivity index is 1.19. The average Bonchev–Trinajstić information content (AvgIpc) is 3.20. The van der Waals surface area contributed by atoms with Crippen molar-refractivity contribution in [2.24, 2.45) is 16.5 Å². The van der Waals surface area contributed by atoms with Gasteiger partial charge in [0.25, 0.3) is 0 Å². The number of guanidine groups is 1. The van der Waals surface area contributed by atoms with E-state index in [2.05, 4.69) is 20.5 Å². The predicted molar refractivity (Wildman–Crippen MR) is 221 cm³/mol. The molecule has 5 rings (SSSR count). The van der Waals surface area contributed by atoms with Crippen LogP contribution in [0.5, 0.6) is 0 Å². The molecule has 3 atom stereocenters. The number of thiol groups is 1. The summed E-state index contributed by atoms with van der Waals surface area (Å²) < 4.78 is 32.2. The van der Waals surface area contributed by atoms with Crippen LogP contribution in [-0.2, 0) is 32.2 Å². The molecule has 1 aliphatic heterocycles. The molecule has 4 aromatic carbocycles. The van der Waals surface area contributed by atoms with E-state index in [-0.39, 0.29) is 35.7 Å². The number of carbonyl (C=O) groups excluding carboxylic acids is 3. The van der Waals surface area contributed by atoms with Gasteiger partial charge in [-0.3, -0.25) is 9.69 Å². The highest BCUT2D eigenvalue weighted by Gasteiger charge is 2.31. The van der Waals surface area contributed by atoms with Crippen molar-refractivity contribution in [1.29, 1.82) is 0 Å². The zero-order valence-electron chi connectivity index (χ0n) is 31.1. The first-order chi connectivity index (χ1) is 27.0. The molecule has 296 valence electrons. The van der Waals surface area contributed by atoms with E-state index in [0.29, 0.717) is 56.8 Å². The Labute approximate surface area is 333 Å². The van der Waals surface area contributed by atoms with Gasteiger partial charge in [-0.2, -0.15) is 12.6 Å². The molecule has 3 amide bonds. The number of aryl methyl sites for hydroxylation is 1. The largest absolute Gasteiger partial charge is 0.461 e. The molecule has 0 bridgehead atoms. The molecular formula is C41H49N7O6S2. The summed E-state index contributed by atoms with van der Waals surface area (Å²) in [5.41, 5.74) is 13.6. The number of esters is 1. The summed E-state index contributed by atoms with van der Waals surface area (Å²) in [6, 6.07) is 31.8. The number of urea groups is 1. The van der Waals surface area contributed by atoms with Gasteiger partial charge in [0.05, 0.1) is 21.9 Å². The lowest BCUT2D eigenvalue weighted by molar-refractivity contribution is -0.123. The van der Waals surface area contributed by atoms with Gasteiger partial charge in [-0.1, -0.05) is 78.9 Å². The van der Waals surface area contributed by atoms with Crippen LogP contribution >= 0.6 is 12.6 Å². The van der Waals surface area contributed by atoms with E-state index in [1.165, 1.54) is 0 Å². The molecule has 0 spiro atoms. The number of amides is 3. The maximum Gasteiger partial charge on any atom is 0.338 e. The number of hydrogen-bond acceptors (Lipinski definition) is 9. The maximum absolute atomic E-state index is 14.1. The fraction of sp³-hybridized carbons (Fsp3) is 0.317. The average molecular weight is 800 g/mol. The minimum atomic E-state index is -3.70. The van der Waals surface area contributed by atoms with Gasteiger partial charge in [-0.05, 0) is 60.4 Å². The van der Waals surface area contributed by atoms with Crippen molar-refractivity contribution in [3.8, 4) is 0 Å². The third kappa shape index (κ3) is 12.9. The summed E-state index contributed by atoms with van der Waals surface area (Å²) in [6.07, 6.45) is 1.25. The van der Waals surface area contributed by atoms with Crippen molar-refractivity contribution in [3.63, 3.8) is 0 Å². The molecule has 1 fully saturated rings. The molecule has 0 unspecified atom stereocenters. The Kier molecular flexibility index (Phi) is 15.3. The van der Waals surface area contributed by atoms with Crippen molar-refractivity contribution in [1.82, 2.24) is 20.4 Å². The van der Waals surface area contributed by atoms with Crippen LogP contribution in [0.3, 0.4) is 0 Å². The molecule has 1 heterocycles. The number of ether oxygens (including phenoxy) is 1. The summed E-state index contributed by atoms with van der Waals surface area (Å²) in [5, 5.41) is 5.30. The second-order valence-electron chi connectivity index (χ2n) is 13.5. The highest BCUT2D eigenvalue weighted by atomic mass is 32.2. The number of rotatable bonds is 17. The van der Waals surface area contributed by atoms with Gasteiger partial charge in [0.2, 0.25) is 5.91 Å². The lowest BCUT2D eigenvalue weighted by Crippen LogP contribution is -2.58. The first-order valence-electron chi connectivity index (χ1n) is 18.5.